The standard InChI is InChI=1S/C22H27Cl2N3O3/c1-14(2)20(26-21(28)16-8-7-15(23)12-17(16)24)22(29)25-13-18(19-6-5-11-30-19)27-9-3-4-10-27/h5-8,11-12,14,18,20H,3-4,9-10,13H2,1-2H3,(H,25,29)(H,26,28)/t18-,20-/m1/s1. The van der Waals surface area contributed by atoms with E-state index in [1.807, 2.05) is 26.0 Å². The van der Waals surface area contributed by atoms with Gasteiger partial charge < -0.3 is 15.1 Å². The number of carbonyl (C=O) groups is 2. The molecule has 0 spiro atoms. The van der Waals surface area contributed by atoms with E-state index >= 15 is 0 Å². The third-order valence-corrected chi connectivity index (χ3v) is 5.88. The van der Waals surface area contributed by atoms with Crippen molar-refractivity contribution in [3.8, 4) is 0 Å². The average molecular weight is 452 g/mol. The number of rotatable bonds is 8. The number of furan rings is 1. The molecule has 30 heavy (non-hydrogen) atoms. The molecule has 1 aliphatic rings. The van der Waals surface area contributed by atoms with Crippen LogP contribution in [-0.4, -0.2) is 42.4 Å². The number of likely N-dealkylation sites (tertiary alicyclic amines) is 1. The molecule has 6 nitrogen and oxygen atoms in total. The minimum Gasteiger partial charge on any atom is -0.468 e. The van der Waals surface area contributed by atoms with E-state index in [1.165, 1.54) is 6.07 Å². The van der Waals surface area contributed by atoms with Crippen LogP contribution in [0.2, 0.25) is 10.0 Å². The SMILES string of the molecule is CC(C)[C@@H](NC(=O)c1ccc(Cl)cc1Cl)C(=O)NC[C@H](c1ccco1)N1CCCC1. The van der Waals surface area contributed by atoms with Crippen LogP contribution in [-0.2, 0) is 4.79 Å². The monoisotopic (exact) mass is 451 g/mol. The number of nitrogens with zero attached hydrogens (tertiary/aromatic N) is 1. The van der Waals surface area contributed by atoms with E-state index in [1.54, 1.807) is 18.4 Å². The molecule has 1 aromatic heterocycles. The van der Waals surface area contributed by atoms with Crippen LogP contribution in [0, 0.1) is 5.92 Å². The second-order valence-corrected chi connectivity index (χ2v) is 8.68. The molecular weight excluding hydrogens is 425 g/mol. The summed E-state index contributed by atoms with van der Waals surface area (Å²) in [6.45, 7) is 6.13. The summed E-state index contributed by atoms with van der Waals surface area (Å²) in [4.78, 5) is 28.0. The molecular formula is C22H27Cl2N3O3. The molecule has 1 fully saturated rings. The Bertz CT molecular complexity index is 865. The van der Waals surface area contributed by atoms with Crippen molar-refractivity contribution in [1.82, 2.24) is 15.5 Å². The highest BCUT2D eigenvalue weighted by atomic mass is 35.5. The third kappa shape index (κ3) is 5.56. The first-order valence-electron chi connectivity index (χ1n) is 10.2. The Morgan fingerprint density at radius 3 is 2.50 bits per heavy atom. The molecule has 162 valence electrons. The molecule has 2 N–H and O–H groups in total. The van der Waals surface area contributed by atoms with E-state index in [9.17, 15) is 9.59 Å². The minimum atomic E-state index is -0.694. The van der Waals surface area contributed by atoms with Crippen molar-refractivity contribution in [3.63, 3.8) is 0 Å². The highest BCUT2D eigenvalue weighted by molar-refractivity contribution is 6.36. The molecule has 8 heteroatoms. The summed E-state index contributed by atoms with van der Waals surface area (Å²) in [7, 11) is 0. The first kappa shape index (κ1) is 22.7. The molecule has 0 aliphatic carbocycles. The van der Waals surface area contributed by atoms with Gasteiger partial charge in [0.05, 0.1) is 22.9 Å². The van der Waals surface area contributed by atoms with Gasteiger partial charge in [0.25, 0.3) is 5.91 Å². The summed E-state index contributed by atoms with van der Waals surface area (Å²) in [6.07, 6.45) is 3.92. The van der Waals surface area contributed by atoms with Gasteiger partial charge in [-0.05, 0) is 62.2 Å². The van der Waals surface area contributed by atoms with Crippen LogP contribution < -0.4 is 10.6 Å². The van der Waals surface area contributed by atoms with Crippen LogP contribution in [0.25, 0.3) is 0 Å². The van der Waals surface area contributed by atoms with E-state index in [2.05, 4.69) is 15.5 Å². The molecule has 0 unspecified atom stereocenters. The lowest BCUT2D eigenvalue weighted by Gasteiger charge is -2.28. The largest absolute Gasteiger partial charge is 0.468 e. The lowest BCUT2D eigenvalue weighted by Crippen LogP contribution is -2.51. The van der Waals surface area contributed by atoms with Gasteiger partial charge in [-0.1, -0.05) is 37.0 Å². The van der Waals surface area contributed by atoms with Gasteiger partial charge in [-0.25, -0.2) is 0 Å². The van der Waals surface area contributed by atoms with Crippen LogP contribution in [0.4, 0.5) is 0 Å². The summed E-state index contributed by atoms with van der Waals surface area (Å²) in [6, 6.07) is 7.71. The molecule has 2 amide bonds. The van der Waals surface area contributed by atoms with Gasteiger partial charge in [0.15, 0.2) is 0 Å². The summed E-state index contributed by atoms with van der Waals surface area (Å²) in [5.41, 5.74) is 0.282. The molecule has 3 rings (SSSR count). The summed E-state index contributed by atoms with van der Waals surface area (Å²) >= 11 is 12.0. The van der Waals surface area contributed by atoms with Crippen molar-refractivity contribution in [3.05, 3.63) is 58.0 Å². The molecule has 0 saturated carbocycles. The molecule has 1 saturated heterocycles. The van der Waals surface area contributed by atoms with Crippen molar-refractivity contribution in [1.29, 1.82) is 0 Å². The van der Waals surface area contributed by atoms with Crippen molar-refractivity contribution in [2.24, 2.45) is 5.92 Å². The molecule has 2 atom stereocenters. The topological polar surface area (TPSA) is 74.6 Å². The van der Waals surface area contributed by atoms with E-state index < -0.39 is 11.9 Å². The van der Waals surface area contributed by atoms with Gasteiger partial charge in [0, 0.05) is 11.6 Å². The number of hydrogen-bond acceptors (Lipinski definition) is 4. The highest BCUT2D eigenvalue weighted by Gasteiger charge is 2.29. The minimum absolute atomic E-state index is 0.0272. The van der Waals surface area contributed by atoms with Crippen LogP contribution in [0.1, 0.15) is 48.8 Å². The fourth-order valence-electron chi connectivity index (χ4n) is 3.68. The summed E-state index contributed by atoms with van der Waals surface area (Å²) < 4.78 is 5.61. The van der Waals surface area contributed by atoms with Crippen molar-refractivity contribution < 1.29 is 14.0 Å². The molecule has 2 heterocycles. The van der Waals surface area contributed by atoms with Gasteiger partial charge in [0.1, 0.15) is 11.8 Å². The van der Waals surface area contributed by atoms with Crippen LogP contribution in [0.3, 0.4) is 0 Å². The molecule has 2 aromatic rings. The Kier molecular flexibility index (Phi) is 7.81. The van der Waals surface area contributed by atoms with Crippen LogP contribution in [0.15, 0.2) is 41.0 Å². The molecule has 1 aliphatic heterocycles. The van der Waals surface area contributed by atoms with Crippen molar-refractivity contribution >= 4 is 35.0 Å². The molecule has 0 radical (unpaired) electrons. The number of amides is 2. The number of hydrogen-bond donors (Lipinski definition) is 2. The van der Waals surface area contributed by atoms with Gasteiger partial charge in [-0.3, -0.25) is 14.5 Å². The normalized spacial score (nSPS) is 16.4. The Morgan fingerprint density at radius 2 is 1.90 bits per heavy atom. The fraction of sp³-hybridized carbons (Fsp3) is 0.455. The quantitative estimate of drug-likeness (QED) is 0.627. The van der Waals surface area contributed by atoms with E-state index in [4.69, 9.17) is 27.6 Å². The van der Waals surface area contributed by atoms with Gasteiger partial charge in [0.2, 0.25) is 5.91 Å². The maximum Gasteiger partial charge on any atom is 0.253 e. The van der Waals surface area contributed by atoms with Gasteiger partial charge >= 0.3 is 0 Å². The zero-order chi connectivity index (χ0) is 21.7. The van der Waals surface area contributed by atoms with Crippen LogP contribution in [0.5, 0.6) is 0 Å². The maximum atomic E-state index is 13.0. The van der Waals surface area contributed by atoms with E-state index in [0.717, 1.165) is 31.7 Å². The Labute approximate surface area is 186 Å². The lowest BCUT2D eigenvalue weighted by molar-refractivity contribution is -0.124. The number of halogens is 2. The Morgan fingerprint density at radius 1 is 1.17 bits per heavy atom. The predicted molar refractivity (Wildman–Crippen MR) is 118 cm³/mol. The van der Waals surface area contributed by atoms with Gasteiger partial charge in [-0.15, -0.1) is 0 Å². The zero-order valence-electron chi connectivity index (χ0n) is 17.2. The number of nitrogens with one attached hydrogen (secondary N) is 2. The maximum absolute atomic E-state index is 13.0. The summed E-state index contributed by atoms with van der Waals surface area (Å²) in [5, 5.41) is 6.50. The number of benzene rings is 1. The molecule has 0 bridgehead atoms. The van der Waals surface area contributed by atoms with Crippen molar-refractivity contribution in [2.45, 2.75) is 38.8 Å². The fourth-order valence-corrected chi connectivity index (χ4v) is 4.17. The zero-order valence-corrected chi connectivity index (χ0v) is 18.7. The van der Waals surface area contributed by atoms with Gasteiger partial charge in [-0.2, -0.15) is 0 Å². The third-order valence-electron chi connectivity index (χ3n) is 5.33. The second-order valence-electron chi connectivity index (χ2n) is 7.84. The van der Waals surface area contributed by atoms with E-state index in [-0.39, 0.29) is 28.5 Å². The average Bonchev–Trinajstić information content (AvgIpc) is 3.40. The summed E-state index contributed by atoms with van der Waals surface area (Å²) in [5.74, 6) is 0.0796. The van der Waals surface area contributed by atoms with E-state index in [0.29, 0.717) is 11.6 Å². The molecule has 1 aromatic carbocycles. The first-order valence-corrected chi connectivity index (χ1v) is 10.9. The Balaban J connectivity index is 1.66. The highest BCUT2D eigenvalue weighted by Crippen LogP contribution is 2.25. The predicted octanol–water partition coefficient (Wildman–Crippen LogP) is 4.29. The Hall–Kier alpha value is -2.02. The second kappa shape index (κ2) is 10.3. The van der Waals surface area contributed by atoms with Crippen molar-refractivity contribution in [2.75, 3.05) is 19.6 Å². The first-order chi connectivity index (χ1) is 14.4. The lowest BCUT2D eigenvalue weighted by atomic mass is 10.0. The smallest absolute Gasteiger partial charge is 0.253 e. The van der Waals surface area contributed by atoms with Crippen LogP contribution >= 0.6 is 23.2 Å². The number of carbonyl (C=O) groups excluding carboxylic acids is 2.